The predicted octanol–water partition coefficient (Wildman–Crippen LogP) is -1.06. The zero-order chi connectivity index (χ0) is 13.3. The highest BCUT2D eigenvalue weighted by molar-refractivity contribution is 7.89. The van der Waals surface area contributed by atoms with Crippen LogP contribution in [0.25, 0.3) is 0 Å². The van der Waals surface area contributed by atoms with Crippen molar-refractivity contribution in [3.05, 3.63) is 18.5 Å². The Morgan fingerprint density at radius 1 is 1.50 bits per heavy atom. The van der Waals surface area contributed by atoms with Crippen molar-refractivity contribution >= 4 is 15.8 Å². The van der Waals surface area contributed by atoms with E-state index in [4.69, 9.17) is 5.73 Å². The SMILES string of the molecule is CN(Cc1ncn[nH]1)S(=O)(=O)c1c(N)ncn1C. The van der Waals surface area contributed by atoms with Gasteiger partial charge in [0, 0.05) is 14.1 Å². The molecule has 0 aliphatic carbocycles. The van der Waals surface area contributed by atoms with Crippen LogP contribution in [0.5, 0.6) is 0 Å². The van der Waals surface area contributed by atoms with Gasteiger partial charge in [0.1, 0.15) is 12.2 Å². The number of sulfonamides is 1. The first-order chi connectivity index (χ1) is 8.43. The molecule has 2 heterocycles. The summed E-state index contributed by atoms with van der Waals surface area (Å²) in [7, 11) is -0.709. The second-order valence-corrected chi connectivity index (χ2v) is 5.70. The van der Waals surface area contributed by atoms with E-state index in [0.29, 0.717) is 5.82 Å². The lowest BCUT2D eigenvalue weighted by Crippen LogP contribution is -2.29. The summed E-state index contributed by atoms with van der Waals surface area (Å²) in [4.78, 5) is 7.63. The molecule has 0 saturated carbocycles. The number of aromatic nitrogens is 5. The van der Waals surface area contributed by atoms with Crippen LogP contribution in [0.4, 0.5) is 5.82 Å². The van der Waals surface area contributed by atoms with Gasteiger partial charge in [0.2, 0.25) is 0 Å². The van der Waals surface area contributed by atoms with Crippen LogP contribution in [-0.2, 0) is 23.6 Å². The summed E-state index contributed by atoms with van der Waals surface area (Å²) < 4.78 is 27.1. The fourth-order valence-electron chi connectivity index (χ4n) is 1.50. The van der Waals surface area contributed by atoms with Gasteiger partial charge >= 0.3 is 0 Å². The number of nitrogens with one attached hydrogen (secondary N) is 1. The fraction of sp³-hybridized carbons (Fsp3) is 0.375. The number of imidazole rings is 1. The van der Waals surface area contributed by atoms with Crippen molar-refractivity contribution in [2.75, 3.05) is 12.8 Å². The zero-order valence-electron chi connectivity index (χ0n) is 9.90. The number of hydrogen-bond acceptors (Lipinski definition) is 6. The predicted molar refractivity (Wildman–Crippen MR) is 62.7 cm³/mol. The molecule has 0 amide bonds. The summed E-state index contributed by atoms with van der Waals surface area (Å²) in [5.41, 5.74) is 5.57. The van der Waals surface area contributed by atoms with Crippen molar-refractivity contribution < 1.29 is 8.42 Å². The van der Waals surface area contributed by atoms with Crippen LogP contribution in [0.15, 0.2) is 17.7 Å². The first kappa shape index (κ1) is 12.5. The summed E-state index contributed by atoms with van der Waals surface area (Å²) in [6, 6.07) is 0. The van der Waals surface area contributed by atoms with Crippen LogP contribution in [0.2, 0.25) is 0 Å². The van der Waals surface area contributed by atoms with Gasteiger partial charge in [-0.15, -0.1) is 0 Å². The van der Waals surface area contributed by atoms with Crippen LogP contribution in [0, 0.1) is 0 Å². The molecule has 2 rings (SSSR count). The van der Waals surface area contributed by atoms with Gasteiger partial charge in [0.05, 0.1) is 12.9 Å². The third-order valence-electron chi connectivity index (χ3n) is 2.40. The molecule has 0 spiro atoms. The summed E-state index contributed by atoms with van der Waals surface area (Å²) >= 11 is 0. The molecule has 0 aliphatic heterocycles. The Balaban J connectivity index is 2.32. The van der Waals surface area contributed by atoms with Gasteiger partial charge in [-0.05, 0) is 0 Å². The van der Waals surface area contributed by atoms with Crippen LogP contribution in [-0.4, -0.2) is 44.5 Å². The average Bonchev–Trinajstić information content (AvgIpc) is 2.89. The molecule has 0 unspecified atom stereocenters. The number of nitrogens with zero attached hydrogens (tertiary/aromatic N) is 5. The van der Waals surface area contributed by atoms with Crippen molar-refractivity contribution in [3.8, 4) is 0 Å². The van der Waals surface area contributed by atoms with E-state index in [1.807, 2.05) is 0 Å². The molecule has 0 aliphatic rings. The molecule has 3 N–H and O–H groups in total. The van der Waals surface area contributed by atoms with Crippen LogP contribution in [0.1, 0.15) is 5.82 Å². The number of aryl methyl sites for hydroxylation is 1. The van der Waals surface area contributed by atoms with E-state index >= 15 is 0 Å². The normalized spacial score (nSPS) is 12.2. The van der Waals surface area contributed by atoms with Gasteiger partial charge in [0.25, 0.3) is 10.0 Å². The molecule has 0 aromatic carbocycles. The number of hydrogen-bond donors (Lipinski definition) is 2. The van der Waals surface area contributed by atoms with E-state index in [9.17, 15) is 8.42 Å². The zero-order valence-corrected chi connectivity index (χ0v) is 10.7. The van der Waals surface area contributed by atoms with E-state index < -0.39 is 10.0 Å². The Morgan fingerprint density at radius 2 is 2.22 bits per heavy atom. The second-order valence-electron chi connectivity index (χ2n) is 3.74. The molecule has 98 valence electrons. The van der Waals surface area contributed by atoms with E-state index in [2.05, 4.69) is 20.2 Å². The Labute approximate surface area is 104 Å². The third-order valence-corrected chi connectivity index (χ3v) is 4.34. The molecule has 18 heavy (non-hydrogen) atoms. The quantitative estimate of drug-likeness (QED) is 0.730. The standard InChI is InChI=1S/C8H13N7O2S/c1-14-5-11-7(9)8(14)18(16,17)15(2)3-6-10-4-12-13-6/h4-5H,3,9H2,1-2H3,(H,10,12,13). The van der Waals surface area contributed by atoms with Crippen molar-refractivity contribution in [1.29, 1.82) is 0 Å². The molecule has 2 aromatic rings. The molecule has 0 atom stereocenters. The lowest BCUT2D eigenvalue weighted by molar-refractivity contribution is 0.452. The van der Waals surface area contributed by atoms with Crippen molar-refractivity contribution in [2.24, 2.45) is 7.05 Å². The summed E-state index contributed by atoms with van der Waals surface area (Å²) in [6.07, 6.45) is 2.67. The van der Waals surface area contributed by atoms with Gasteiger partial charge in [-0.25, -0.2) is 18.4 Å². The molecule has 2 aromatic heterocycles. The van der Waals surface area contributed by atoms with Gasteiger partial charge in [-0.1, -0.05) is 0 Å². The van der Waals surface area contributed by atoms with Gasteiger partial charge in [-0.2, -0.15) is 9.40 Å². The minimum atomic E-state index is -3.71. The van der Waals surface area contributed by atoms with E-state index in [1.165, 1.54) is 24.3 Å². The number of nitrogen functional groups attached to an aromatic ring is 1. The Kier molecular flexibility index (Phi) is 3.05. The lowest BCUT2D eigenvalue weighted by atomic mass is 10.6. The van der Waals surface area contributed by atoms with E-state index in [-0.39, 0.29) is 17.4 Å². The van der Waals surface area contributed by atoms with Gasteiger partial charge in [0.15, 0.2) is 10.8 Å². The lowest BCUT2D eigenvalue weighted by Gasteiger charge is -2.16. The first-order valence-corrected chi connectivity index (χ1v) is 6.44. The minimum absolute atomic E-state index is 0.0260. The third kappa shape index (κ3) is 2.07. The summed E-state index contributed by atoms with van der Waals surface area (Å²) in [5, 5.41) is 6.21. The molecule has 9 nitrogen and oxygen atoms in total. The highest BCUT2D eigenvalue weighted by Crippen LogP contribution is 2.20. The highest BCUT2D eigenvalue weighted by Gasteiger charge is 2.27. The maximum absolute atomic E-state index is 12.3. The fourth-order valence-corrected chi connectivity index (χ4v) is 2.82. The number of anilines is 1. The number of rotatable bonds is 4. The minimum Gasteiger partial charge on any atom is -0.381 e. The van der Waals surface area contributed by atoms with E-state index in [1.54, 1.807) is 7.05 Å². The number of nitrogens with two attached hydrogens (primary N) is 1. The van der Waals surface area contributed by atoms with Gasteiger partial charge < -0.3 is 10.3 Å². The number of aromatic amines is 1. The largest absolute Gasteiger partial charge is 0.381 e. The molecule has 10 heteroatoms. The Morgan fingerprint density at radius 3 is 2.72 bits per heavy atom. The van der Waals surface area contributed by atoms with Crippen LogP contribution < -0.4 is 5.73 Å². The molecule has 0 bridgehead atoms. The molecule has 0 saturated heterocycles. The van der Waals surface area contributed by atoms with Crippen molar-refractivity contribution in [1.82, 2.24) is 29.0 Å². The smallest absolute Gasteiger partial charge is 0.262 e. The van der Waals surface area contributed by atoms with Gasteiger partial charge in [-0.3, -0.25) is 5.10 Å². The second kappa shape index (κ2) is 4.38. The topological polar surface area (TPSA) is 123 Å². The summed E-state index contributed by atoms with van der Waals surface area (Å²) in [6.45, 7) is 0.0763. The first-order valence-electron chi connectivity index (χ1n) is 5.00. The molecular formula is C8H13N7O2S. The summed E-state index contributed by atoms with van der Waals surface area (Å²) in [5.74, 6) is 0.420. The molecule has 0 fully saturated rings. The maximum Gasteiger partial charge on any atom is 0.262 e. The number of H-pyrrole nitrogens is 1. The van der Waals surface area contributed by atoms with Crippen molar-refractivity contribution in [2.45, 2.75) is 11.6 Å². The monoisotopic (exact) mass is 271 g/mol. The van der Waals surface area contributed by atoms with Crippen LogP contribution >= 0.6 is 0 Å². The average molecular weight is 271 g/mol. The highest BCUT2D eigenvalue weighted by atomic mass is 32.2. The van der Waals surface area contributed by atoms with E-state index in [0.717, 1.165) is 4.31 Å². The maximum atomic E-state index is 12.3. The van der Waals surface area contributed by atoms with Crippen molar-refractivity contribution in [3.63, 3.8) is 0 Å². The molecular weight excluding hydrogens is 258 g/mol. The molecule has 0 radical (unpaired) electrons. The van der Waals surface area contributed by atoms with Crippen LogP contribution in [0.3, 0.4) is 0 Å². The Hall–Kier alpha value is -1.94. The Bertz CT molecular complexity index is 611.